The van der Waals surface area contributed by atoms with Crippen LogP contribution in [0.2, 0.25) is 0 Å². The Hall–Kier alpha value is -1.94. The molecule has 0 unspecified atom stereocenters. The highest BCUT2D eigenvalue weighted by Gasteiger charge is 2.19. The Kier molecular flexibility index (Phi) is 3.17. The van der Waals surface area contributed by atoms with Crippen LogP contribution in [0.25, 0.3) is 11.3 Å². The first-order valence-electron chi connectivity index (χ1n) is 6.50. The molecule has 1 N–H and O–H groups in total. The van der Waals surface area contributed by atoms with Gasteiger partial charge in [0.2, 0.25) is 0 Å². The molecule has 0 atom stereocenters. The first-order chi connectivity index (χ1) is 9.29. The molecule has 0 bridgehead atoms. The normalized spacial score (nSPS) is 14.0. The number of para-hydroxylation sites is 1. The van der Waals surface area contributed by atoms with E-state index in [2.05, 4.69) is 21.4 Å². The predicted octanol–water partition coefficient (Wildman–Crippen LogP) is 2.11. The van der Waals surface area contributed by atoms with Crippen molar-refractivity contribution in [2.45, 2.75) is 19.9 Å². The van der Waals surface area contributed by atoms with Gasteiger partial charge in [0.15, 0.2) is 0 Å². The molecule has 0 saturated carbocycles. The third kappa shape index (κ3) is 2.19. The van der Waals surface area contributed by atoms with Gasteiger partial charge in [0.05, 0.1) is 18.5 Å². The van der Waals surface area contributed by atoms with Crippen molar-refractivity contribution in [2.24, 2.45) is 0 Å². The number of benzene rings is 1. The maximum atomic E-state index is 5.45. The summed E-state index contributed by atoms with van der Waals surface area (Å²) in [5.41, 5.74) is 4.39. The van der Waals surface area contributed by atoms with Crippen molar-refractivity contribution >= 4 is 0 Å². The van der Waals surface area contributed by atoms with Gasteiger partial charge in [-0.15, -0.1) is 0 Å². The van der Waals surface area contributed by atoms with Crippen LogP contribution in [0, 0.1) is 6.92 Å². The Bertz CT molecular complexity index is 610. The summed E-state index contributed by atoms with van der Waals surface area (Å²) >= 11 is 0. The van der Waals surface area contributed by atoms with E-state index in [1.165, 1.54) is 5.56 Å². The summed E-state index contributed by atoms with van der Waals surface area (Å²) in [6, 6.07) is 8.00. The second kappa shape index (κ2) is 4.97. The van der Waals surface area contributed by atoms with E-state index in [0.29, 0.717) is 0 Å². The molecule has 2 heterocycles. The molecule has 4 heteroatoms. The maximum absolute atomic E-state index is 5.45. The zero-order valence-electron chi connectivity index (χ0n) is 11.2. The number of hydrogen-bond donors (Lipinski definition) is 1. The van der Waals surface area contributed by atoms with E-state index in [1.807, 2.05) is 25.1 Å². The minimum absolute atomic E-state index is 0.821. The highest BCUT2D eigenvalue weighted by molar-refractivity contribution is 5.70. The van der Waals surface area contributed by atoms with E-state index < -0.39 is 0 Å². The number of aromatic nitrogens is 2. The SMILES string of the molecule is COc1ccccc1-c1nc(C)nc2c1CNCC2. The monoisotopic (exact) mass is 255 g/mol. The van der Waals surface area contributed by atoms with Crippen molar-refractivity contribution in [2.75, 3.05) is 13.7 Å². The first kappa shape index (κ1) is 12.1. The van der Waals surface area contributed by atoms with Crippen molar-refractivity contribution in [1.29, 1.82) is 0 Å². The summed E-state index contributed by atoms with van der Waals surface area (Å²) in [7, 11) is 1.69. The summed E-state index contributed by atoms with van der Waals surface area (Å²) in [6.07, 6.45) is 0.959. The van der Waals surface area contributed by atoms with Crippen LogP contribution in [-0.4, -0.2) is 23.6 Å². The molecule has 0 radical (unpaired) electrons. The minimum atomic E-state index is 0.821. The quantitative estimate of drug-likeness (QED) is 0.892. The highest BCUT2D eigenvalue weighted by atomic mass is 16.5. The van der Waals surface area contributed by atoms with Crippen LogP contribution >= 0.6 is 0 Å². The van der Waals surface area contributed by atoms with Crippen molar-refractivity contribution in [3.05, 3.63) is 41.3 Å². The number of fused-ring (bicyclic) bond motifs is 1. The van der Waals surface area contributed by atoms with Crippen LogP contribution in [-0.2, 0) is 13.0 Å². The Morgan fingerprint density at radius 2 is 2.05 bits per heavy atom. The topological polar surface area (TPSA) is 47.0 Å². The van der Waals surface area contributed by atoms with Gasteiger partial charge in [0.25, 0.3) is 0 Å². The standard InChI is InChI=1S/C15H17N3O/c1-10-17-13-7-8-16-9-12(13)15(18-10)11-5-3-4-6-14(11)19-2/h3-6,16H,7-9H2,1-2H3. The smallest absolute Gasteiger partial charge is 0.128 e. The molecule has 1 aliphatic heterocycles. The summed E-state index contributed by atoms with van der Waals surface area (Å²) in [5.74, 6) is 1.68. The van der Waals surface area contributed by atoms with Gasteiger partial charge < -0.3 is 10.1 Å². The zero-order chi connectivity index (χ0) is 13.2. The molecular formula is C15H17N3O. The lowest BCUT2D eigenvalue weighted by molar-refractivity contribution is 0.416. The van der Waals surface area contributed by atoms with Crippen molar-refractivity contribution < 1.29 is 4.74 Å². The molecular weight excluding hydrogens is 238 g/mol. The lowest BCUT2D eigenvalue weighted by atomic mass is 9.99. The number of methoxy groups -OCH3 is 1. The number of nitrogens with zero attached hydrogens (tertiary/aromatic N) is 2. The molecule has 0 spiro atoms. The average molecular weight is 255 g/mol. The Balaban J connectivity index is 2.21. The largest absolute Gasteiger partial charge is 0.496 e. The summed E-state index contributed by atoms with van der Waals surface area (Å²) < 4.78 is 5.45. The third-order valence-corrected chi connectivity index (χ3v) is 3.41. The van der Waals surface area contributed by atoms with Gasteiger partial charge >= 0.3 is 0 Å². The number of hydrogen-bond acceptors (Lipinski definition) is 4. The van der Waals surface area contributed by atoms with Crippen LogP contribution in [0.4, 0.5) is 0 Å². The average Bonchev–Trinajstić information content (AvgIpc) is 2.46. The van der Waals surface area contributed by atoms with Gasteiger partial charge in [0.1, 0.15) is 11.6 Å². The van der Waals surface area contributed by atoms with E-state index in [9.17, 15) is 0 Å². The lowest BCUT2D eigenvalue weighted by Crippen LogP contribution is -2.26. The van der Waals surface area contributed by atoms with Gasteiger partial charge in [-0.1, -0.05) is 12.1 Å². The van der Waals surface area contributed by atoms with Crippen molar-refractivity contribution in [1.82, 2.24) is 15.3 Å². The molecule has 1 aromatic heterocycles. The van der Waals surface area contributed by atoms with Crippen LogP contribution in [0.3, 0.4) is 0 Å². The summed E-state index contributed by atoms with van der Waals surface area (Å²) in [5, 5.41) is 3.39. The molecule has 98 valence electrons. The Morgan fingerprint density at radius 1 is 1.21 bits per heavy atom. The molecule has 0 fully saturated rings. The third-order valence-electron chi connectivity index (χ3n) is 3.41. The fraction of sp³-hybridized carbons (Fsp3) is 0.333. The lowest BCUT2D eigenvalue weighted by Gasteiger charge is -2.20. The molecule has 2 aromatic rings. The van der Waals surface area contributed by atoms with Gasteiger partial charge in [-0.3, -0.25) is 0 Å². The molecule has 3 rings (SSSR count). The van der Waals surface area contributed by atoms with E-state index >= 15 is 0 Å². The Labute approximate surface area is 112 Å². The summed E-state index contributed by atoms with van der Waals surface area (Å²) in [6.45, 7) is 3.75. The van der Waals surface area contributed by atoms with Gasteiger partial charge in [0, 0.05) is 30.6 Å². The molecule has 0 saturated heterocycles. The van der Waals surface area contributed by atoms with Crippen LogP contribution < -0.4 is 10.1 Å². The van der Waals surface area contributed by atoms with E-state index in [-0.39, 0.29) is 0 Å². The first-order valence-corrected chi connectivity index (χ1v) is 6.50. The summed E-state index contributed by atoms with van der Waals surface area (Å²) in [4.78, 5) is 9.20. The predicted molar refractivity (Wildman–Crippen MR) is 74.2 cm³/mol. The Morgan fingerprint density at radius 3 is 2.89 bits per heavy atom. The minimum Gasteiger partial charge on any atom is -0.496 e. The molecule has 1 aliphatic rings. The molecule has 0 amide bonds. The molecule has 0 aliphatic carbocycles. The number of rotatable bonds is 2. The van der Waals surface area contributed by atoms with Gasteiger partial charge in [-0.05, 0) is 19.1 Å². The second-order valence-corrected chi connectivity index (χ2v) is 4.67. The molecule has 1 aromatic carbocycles. The van der Waals surface area contributed by atoms with Crippen LogP contribution in [0.1, 0.15) is 17.1 Å². The molecule has 19 heavy (non-hydrogen) atoms. The number of nitrogens with one attached hydrogen (secondary N) is 1. The van der Waals surface area contributed by atoms with Gasteiger partial charge in [-0.25, -0.2) is 9.97 Å². The second-order valence-electron chi connectivity index (χ2n) is 4.67. The van der Waals surface area contributed by atoms with E-state index in [4.69, 9.17) is 4.74 Å². The fourth-order valence-electron chi connectivity index (χ4n) is 2.53. The van der Waals surface area contributed by atoms with Crippen LogP contribution in [0.15, 0.2) is 24.3 Å². The zero-order valence-corrected chi connectivity index (χ0v) is 11.2. The number of ether oxygens (including phenoxy) is 1. The molecule has 4 nitrogen and oxygen atoms in total. The number of aryl methyl sites for hydroxylation is 1. The van der Waals surface area contributed by atoms with E-state index in [0.717, 1.165) is 48.0 Å². The van der Waals surface area contributed by atoms with Gasteiger partial charge in [-0.2, -0.15) is 0 Å². The highest BCUT2D eigenvalue weighted by Crippen LogP contribution is 2.32. The van der Waals surface area contributed by atoms with Crippen LogP contribution in [0.5, 0.6) is 5.75 Å². The fourth-order valence-corrected chi connectivity index (χ4v) is 2.53. The van der Waals surface area contributed by atoms with Crippen molar-refractivity contribution in [3.8, 4) is 17.0 Å². The van der Waals surface area contributed by atoms with E-state index in [1.54, 1.807) is 7.11 Å². The maximum Gasteiger partial charge on any atom is 0.128 e. The van der Waals surface area contributed by atoms with Crippen molar-refractivity contribution in [3.63, 3.8) is 0 Å².